The van der Waals surface area contributed by atoms with Gasteiger partial charge in [-0.2, -0.15) is 0 Å². The second kappa shape index (κ2) is 3.63. The number of nitrogens with one attached hydrogen (secondary N) is 1. The van der Waals surface area contributed by atoms with Crippen LogP contribution >= 0.6 is 0 Å². The van der Waals surface area contributed by atoms with Gasteiger partial charge in [-0.3, -0.25) is 10.2 Å². The maximum Gasteiger partial charge on any atom is 0.276 e. The molecule has 0 bridgehead atoms. The Morgan fingerprint density at radius 3 is 2.43 bits per heavy atom. The summed E-state index contributed by atoms with van der Waals surface area (Å²) in [5, 5.41) is 2.85. The number of nitrogens with zero attached hydrogens (tertiary/aromatic N) is 1. The lowest BCUT2D eigenvalue weighted by atomic mass is 10.4. The third-order valence-corrected chi connectivity index (χ3v) is 0.876. The van der Waals surface area contributed by atoms with E-state index in [1.165, 1.54) is 0 Å². The van der Waals surface area contributed by atoms with Gasteiger partial charge in [0.2, 0.25) is 0 Å². The van der Waals surface area contributed by atoms with Gasteiger partial charge < -0.3 is 0 Å². The normalized spacial score (nSPS) is 12.7. The van der Waals surface area contributed by atoms with Crippen molar-refractivity contribution in [2.45, 2.75) is 19.5 Å². The fraction of sp³-hybridized carbons (Fsp3) is 0.800. The second-order valence-electron chi connectivity index (χ2n) is 1.34. The molecular weight excluding hydrogens is 88.1 g/mol. The first-order valence-electron chi connectivity index (χ1n) is 2.39. The lowest BCUT2D eigenvalue weighted by Gasteiger charge is -1.95. The molecular formula is C5H10N2. The SMILES string of the molecule is [C-]#[N+]C(CC)NC. The first kappa shape index (κ1) is 6.45. The third-order valence-electron chi connectivity index (χ3n) is 0.876. The van der Waals surface area contributed by atoms with Crippen LogP contribution in [0.3, 0.4) is 0 Å². The molecule has 2 heteroatoms. The van der Waals surface area contributed by atoms with E-state index in [2.05, 4.69) is 10.2 Å². The molecule has 1 N–H and O–H groups in total. The zero-order valence-electron chi connectivity index (χ0n) is 4.73. The van der Waals surface area contributed by atoms with E-state index < -0.39 is 0 Å². The molecule has 0 fully saturated rings. The van der Waals surface area contributed by atoms with Crippen molar-refractivity contribution in [3.63, 3.8) is 0 Å². The van der Waals surface area contributed by atoms with Crippen molar-refractivity contribution in [3.8, 4) is 0 Å². The molecule has 40 valence electrons. The Balaban J connectivity index is 3.23. The zero-order chi connectivity index (χ0) is 5.70. The molecule has 2 nitrogen and oxygen atoms in total. The molecule has 0 heterocycles. The molecule has 0 aromatic heterocycles. The minimum atomic E-state index is 0.0278. The molecule has 0 saturated heterocycles. The van der Waals surface area contributed by atoms with Crippen LogP contribution in [0, 0.1) is 6.57 Å². The largest absolute Gasteiger partial charge is 0.296 e. The van der Waals surface area contributed by atoms with Crippen molar-refractivity contribution < 1.29 is 0 Å². The molecule has 1 atom stereocenters. The Labute approximate surface area is 44.4 Å². The molecule has 0 aromatic carbocycles. The summed E-state index contributed by atoms with van der Waals surface area (Å²) in [6.07, 6.45) is 0.917. The Kier molecular flexibility index (Phi) is 3.35. The summed E-state index contributed by atoms with van der Waals surface area (Å²) in [5.41, 5.74) is 0. The van der Waals surface area contributed by atoms with Crippen LogP contribution < -0.4 is 5.32 Å². The lowest BCUT2D eigenvalue weighted by molar-refractivity contribution is 0.643. The quantitative estimate of drug-likeness (QED) is 0.507. The van der Waals surface area contributed by atoms with Gasteiger partial charge in [-0.25, -0.2) is 6.57 Å². The van der Waals surface area contributed by atoms with E-state index in [4.69, 9.17) is 6.57 Å². The predicted octanol–water partition coefficient (Wildman–Crippen LogP) is 0.861. The highest BCUT2D eigenvalue weighted by atomic mass is 15.0. The van der Waals surface area contributed by atoms with Crippen LogP contribution in [0.5, 0.6) is 0 Å². The Morgan fingerprint density at radius 1 is 1.86 bits per heavy atom. The summed E-state index contributed by atoms with van der Waals surface area (Å²) in [5.74, 6) is 0. The van der Waals surface area contributed by atoms with Gasteiger partial charge in [0.25, 0.3) is 6.17 Å². The van der Waals surface area contributed by atoms with Gasteiger partial charge in [0, 0.05) is 6.42 Å². The smallest absolute Gasteiger partial charge is 0.276 e. The summed E-state index contributed by atoms with van der Waals surface area (Å²) in [6, 6.07) is 0. The van der Waals surface area contributed by atoms with Crippen molar-refractivity contribution in [2.75, 3.05) is 7.05 Å². The van der Waals surface area contributed by atoms with Crippen molar-refractivity contribution in [1.29, 1.82) is 0 Å². The van der Waals surface area contributed by atoms with Gasteiger partial charge in [-0.1, -0.05) is 6.92 Å². The molecule has 0 aliphatic rings. The molecule has 7 heavy (non-hydrogen) atoms. The zero-order valence-corrected chi connectivity index (χ0v) is 4.73. The maximum absolute atomic E-state index is 6.52. The third kappa shape index (κ3) is 2.18. The van der Waals surface area contributed by atoms with Gasteiger partial charge in [0.05, 0.1) is 0 Å². The van der Waals surface area contributed by atoms with Gasteiger partial charge in [0.1, 0.15) is 0 Å². The molecule has 0 aliphatic carbocycles. The molecule has 0 saturated carbocycles. The van der Waals surface area contributed by atoms with Crippen LogP contribution in [0.2, 0.25) is 0 Å². The van der Waals surface area contributed by atoms with Gasteiger partial charge in [-0.05, 0) is 7.05 Å². The standard InChI is InChI=1S/C5H10N2/c1-4-5(6-2)7-3/h5-6H,4H2,1-2H3. The molecule has 0 radical (unpaired) electrons. The van der Waals surface area contributed by atoms with Crippen molar-refractivity contribution >= 4 is 0 Å². The van der Waals surface area contributed by atoms with Crippen LogP contribution in [0.15, 0.2) is 0 Å². The molecule has 0 spiro atoms. The average Bonchev–Trinajstić information content (AvgIpc) is 1.72. The number of rotatable bonds is 2. The molecule has 0 amide bonds. The van der Waals surface area contributed by atoms with Crippen molar-refractivity contribution in [2.24, 2.45) is 0 Å². The number of hydrogen-bond acceptors (Lipinski definition) is 1. The van der Waals surface area contributed by atoms with Crippen LogP contribution in [0.25, 0.3) is 4.85 Å². The first-order valence-corrected chi connectivity index (χ1v) is 2.39. The minimum absolute atomic E-state index is 0.0278. The Hall–Kier alpha value is -0.550. The summed E-state index contributed by atoms with van der Waals surface area (Å²) < 4.78 is 0. The van der Waals surface area contributed by atoms with E-state index in [0.29, 0.717) is 0 Å². The predicted molar refractivity (Wildman–Crippen MR) is 29.7 cm³/mol. The van der Waals surface area contributed by atoms with Gasteiger partial charge >= 0.3 is 0 Å². The van der Waals surface area contributed by atoms with Crippen molar-refractivity contribution in [3.05, 3.63) is 11.4 Å². The first-order chi connectivity index (χ1) is 3.35. The van der Waals surface area contributed by atoms with E-state index in [1.54, 1.807) is 7.05 Å². The summed E-state index contributed by atoms with van der Waals surface area (Å²) in [7, 11) is 1.80. The minimum Gasteiger partial charge on any atom is -0.296 e. The second-order valence-corrected chi connectivity index (χ2v) is 1.34. The summed E-state index contributed by atoms with van der Waals surface area (Å²) >= 11 is 0. The highest BCUT2D eigenvalue weighted by Crippen LogP contribution is 1.87. The van der Waals surface area contributed by atoms with E-state index in [0.717, 1.165) is 6.42 Å². The molecule has 0 aromatic rings. The highest BCUT2D eigenvalue weighted by molar-refractivity contribution is 4.70. The summed E-state index contributed by atoms with van der Waals surface area (Å²) in [6.45, 7) is 8.51. The van der Waals surface area contributed by atoms with Gasteiger partial charge in [-0.15, -0.1) is 0 Å². The number of hydrogen-bond donors (Lipinski definition) is 1. The average molecular weight is 98.1 g/mol. The Bertz CT molecular complexity index is 68.6. The van der Waals surface area contributed by atoms with Crippen molar-refractivity contribution in [1.82, 2.24) is 5.32 Å². The maximum atomic E-state index is 6.52. The van der Waals surface area contributed by atoms with Crippen LogP contribution in [-0.4, -0.2) is 13.2 Å². The Morgan fingerprint density at radius 2 is 2.43 bits per heavy atom. The van der Waals surface area contributed by atoms with Crippen LogP contribution in [-0.2, 0) is 0 Å². The van der Waals surface area contributed by atoms with Crippen LogP contribution in [0.1, 0.15) is 13.3 Å². The molecule has 1 unspecified atom stereocenters. The lowest BCUT2D eigenvalue weighted by Crippen LogP contribution is -2.19. The molecule has 0 aliphatic heterocycles. The fourth-order valence-electron chi connectivity index (χ4n) is 0.360. The summed E-state index contributed by atoms with van der Waals surface area (Å²) in [4.78, 5) is 3.26. The van der Waals surface area contributed by atoms with E-state index >= 15 is 0 Å². The van der Waals surface area contributed by atoms with E-state index in [-0.39, 0.29) is 6.17 Å². The van der Waals surface area contributed by atoms with Gasteiger partial charge in [0.15, 0.2) is 0 Å². The van der Waals surface area contributed by atoms with Crippen LogP contribution in [0.4, 0.5) is 0 Å². The molecule has 0 rings (SSSR count). The topological polar surface area (TPSA) is 16.4 Å². The fourth-order valence-corrected chi connectivity index (χ4v) is 0.360. The highest BCUT2D eigenvalue weighted by Gasteiger charge is 2.00. The van der Waals surface area contributed by atoms with E-state index in [1.807, 2.05) is 6.92 Å². The van der Waals surface area contributed by atoms with E-state index in [9.17, 15) is 0 Å². The monoisotopic (exact) mass is 98.1 g/mol.